The van der Waals surface area contributed by atoms with Gasteiger partial charge in [0, 0.05) is 9.50 Å². The summed E-state index contributed by atoms with van der Waals surface area (Å²) in [4.78, 5) is 38.9. The zero-order valence-corrected chi connectivity index (χ0v) is 18.9. The number of imide groups is 2. The number of hydrogen-bond acceptors (Lipinski definition) is 4. The first kappa shape index (κ1) is 21.8. The first-order valence-electron chi connectivity index (χ1n) is 9.56. The number of phenols is 1. The number of carbonyl (C=O) groups excluding carboxylic acids is 3. The SMILES string of the molecule is O=C1NC(=O)N(c2ccc(O)cc2)C(=O)/C1=C/c1cc(Br)ccc1Cc1ccccc1Cl. The van der Waals surface area contributed by atoms with E-state index in [0.717, 1.165) is 20.5 Å². The van der Waals surface area contributed by atoms with E-state index in [2.05, 4.69) is 21.2 Å². The van der Waals surface area contributed by atoms with Crippen LogP contribution in [0.2, 0.25) is 5.02 Å². The molecule has 4 amide bonds. The number of anilines is 1. The van der Waals surface area contributed by atoms with Gasteiger partial charge in [-0.15, -0.1) is 0 Å². The number of phenolic OH excluding ortho intramolecular Hbond substituents is 1. The second-order valence-electron chi connectivity index (χ2n) is 7.09. The highest BCUT2D eigenvalue weighted by molar-refractivity contribution is 9.10. The lowest BCUT2D eigenvalue weighted by Gasteiger charge is -2.26. The Morgan fingerprint density at radius 1 is 0.969 bits per heavy atom. The van der Waals surface area contributed by atoms with E-state index in [0.29, 0.717) is 17.0 Å². The molecule has 0 spiro atoms. The molecule has 0 aliphatic carbocycles. The molecule has 0 atom stereocenters. The maximum absolute atomic E-state index is 13.1. The number of carbonyl (C=O) groups is 3. The largest absolute Gasteiger partial charge is 0.508 e. The Bertz CT molecular complexity index is 1270. The molecule has 1 fully saturated rings. The number of rotatable bonds is 4. The van der Waals surface area contributed by atoms with Gasteiger partial charge in [-0.1, -0.05) is 51.8 Å². The minimum absolute atomic E-state index is 0.0104. The van der Waals surface area contributed by atoms with Gasteiger partial charge in [0.2, 0.25) is 0 Å². The number of urea groups is 1. The second-order valence-corrected chi connectivity index (χ2v) is 8.41. The summed E-state index contributed by atoms with van der Waals surface area (Å²) >= 11 is 9.73. The third-order valence-electron chi connectivity index (χ3n) is 4.96. The van der Waals surface area contributed by atoms with Crippen molar-refractivity contribution >= 4 is 57.1 Å². The fourth-order valence-electron chi connectivity index (χ4n) is 3.36. The number of benzene rings is 3. The minimum Gasteiger partial charge on any atom is -0.508 e. The molecule has 1 heterocycles. The Morgan fingerprint density at radius 2 is 1.69 bits per heavy atom. The fraction of sp³-hybridized carbons (Fsp3) is 0.0417. The maximum Gasteiger partial charge on any atom is 0.335 e. The van der Waals surface area contributed by atoms with Crippen LogP contribution in [-0.4, -0.2) is 23.0 Å². The Morgan fingerprint density at radius 3 is 2.41 bits per heavy atom. The molecule has 3 aromatic carbocycles. The van der Waals surface area contributed by atoms with Crippen molar-refractivity contribution in [2.75, 3.05) is 4.90 Å². The molecular weight excluding hydrogens is 496 g/mol. The van der Waals surface area contributed by atoms with E-state index in [9.17, 15) is 19.5 Å². The highest BCUT2D eigenvalue weighted by atomic mass is 79.9. The molecule has 1 saturated heterocycles. The van der Waals surface area contributed by atoms with Gasteiger partial charge >= 0.3 is 6.03 Å². The monoisotopic (exact) mass is 510 g/mol. The molecule has 0 saturated carbocycles. The second kappa shape index (κ2) is 8.98. The van der Waals surface area contributed by atoms with Gasteiger partial charge in [0.25, 0.3) is 11.8 Å². The van der Waals surface area contributed by atoms with Crippen LogP contribution in [0.1, 0.15) is 16.7 Å². The first-order valence-corrected chi connectivity index (χ1v) is 10.7. The quantitative estimate of drug-likeness (QED) is 0.378. The zero-order valence-electron chi connectivity index (χ0n) is 16.5. The van der Waals surface area contributed by atoms with Crippen molar-refractivity contribution in [3.63, 3.8) is 0 Å². The van der Waals surface area contributed by atoms with Crippen molar-refractivity contribution in [3.05, 3.63) is 98.5 Å². The number of barbiturate groups is 1. The van der Waals surface area contributed by atoms with Crippen LogP contribution in [0, 0.1) is 0 Å². The van der Waals surface area contributed by atoms with Gasteiger partial charge < -0.3 is 5.11 Å². The van der Waals surface area contributed by atoms with Gasteiger partial charge in [-0.3, -0.25) is 14.9 Å². The lowest BCUT2D eigenvalue weighted by atomic mass is 9.97. The van der Waals surface area contributed by atoms with Crippen LogP contribution < -0.4 is 10.2 Å². The summed E-state index contributed by atoms with van der Waals surface area (Å²) < 4.78 is 0.766. The third-order valence-corrected chi connectivity index (χ3v) is 5.82. The average molecular weight is 512 g/mol. The Hall–Kier alpha value is -3.42. The smallest absolute Gasteiger partial charge is 0.335 e. The van der Waals surface area contributed by atoms with Crippen molar-refractivity contribution in [1.82, 2.24) is 5.32 Å². The van der Waals surface area contributed by atoms with Crippen LogP contribution in [0.3, 0.4) is 0 Å². The van der Waals surface area contributed by atoms with Gasteiger partial charge in [-0.2, -0.15) is 0 Å². The molecule has 0 bridgehead atoms. The molecule has 3 aromatic rings. The zero-order chi connectivity index (χ0) is 22.8. The molecule has 8 heteroatoms. The van der Waals surface area contributed by atoms with E-state index in [-0.39, 0.29) is 17.0 Å². The first-order chi connectivity index (χ1) is 15.3. The minimum atomic E-state index is -0.853. The van der Waals surface area contributed by atoms with Crippen LogP contribution in [0.4, 0.5) is 10.5 Å². The summed E-state index contributed by atoms with van der Waals surface area (Å²) in [6.07, 6.45) is 1.96. The molecule has 160 valence electrons. The van der Waals surface area contributed by atoms with Crippen LogP contribution in [0.25, 0.3) is 6.08 Å². The normalized spacial score (nSPS) is 15.2. The predicted molar refractivity (Wildman–Crippen MR) is 126 cm³/mol. The molecule has 1 aliphatic heterocycles. The molecule has 6 nitrogen and oxygen atoms in total. The summed E-state index contributed by atoms with van der Waals surface area (Å²) in [5, 5.41) is 12.3. The van der Waals surface area contributed by atoms with Gasteiger partial charge in [0.15, 0.2) is 0 Å². The number of aromatic hydroxyl groups is 1. The Kier molecular flexibility index (Phi) is 6.12. The Balaban J connectivity index is 1.75. The summed E-state index contributed by atoms with van der Waals surface area (Å²) in [6.45, 7) is 0. The number of hydrogen-bond donors (Lipinski definition) is 2. The van der Waals surface area contributed by atoms with E-state index < -0.39 is 17.8 Å². The van der Waals surface area contributed by atoms with Crippen molar-refractivity contribution in [2.45, 2.75) is 6.42 Å². The molecule has 0 aromatic heterocycles. The van der Waals surface area contributed by atoms with Crippen molar-refractivity contribution in [1.29, 1.82) is 0 Å². The summed E-state index contributed by atoms with van der Waals surface area (Å²) in [5.41, 5.74) is 2.43. The average Bonchev–Trinajstić information content (AvgIpc) is 2.75. The number of nitrogens with one attached hydrogen (secondary N) is 1. The van der Waals surface area contributed by atoms with Gasteiger partial charge in [0.1, 0.15) is 11.3 Å². The maximum atomic E-state index is 13.1. The molecule has 0 radical (unpaired) electrons. The van der Waals surface area contributed by atoms with Crippen molar-refractivity contribution < 1.29 is 19.5 Å². The summed E-state index contributed by atoms with van der Waals surface area (Å²) in [5.74, 6) is -1.55. The standard InChI is InChI=1S/C24H16BrClN2O4/c25-17-6-5-14(11-15-3-1-2-4-21(15)26)16(12-17)13-20-22(30)27-24(32)28(23(20)31)18-7-9-19(29)10-8-18/h1-10,12-13,29H,11H2,(H,27,30,32)/b20-13+. The van der Waals surface area contributed by atoms with Gasteiger partial charge in [0.05, 0.1) is 5.69 Å². The van der Waals surface area contributed by atoms with E-state index >= 15 is 0 Å². The number of amides is 4. The van der Waals surface area contributed by atoms with E-state index in [4.69, 9.17) is 11.6 Å². The molecule has 1 aliphatic rings. The van der Waals surface area contributed by atoms with Crippen molar-refractivity contribution in [2.24, 2.45) is 0 Å². The van der Waals surface area contributed by atoms with Crippen LogP contribution in [0.15, 0.2) is 76.8 Å². The van der Waals surface area contributed by atoms with Gasteiger partial charge in [-0.25, -0.2) is 9.69 Å². The summed E-state index contributed by atoms with van der Waals surface area (Å²) in [6, 6.07) is 17.7. The predicted octanol–water partition coefficient (Wildman–Crippen LogP) is 5.07. The van der Waals surface area contributed by atoms with Crippen LogP contribution >= 0.6 is 27.5 Å². The number of halogens is 2. The van der Waals surface area contributed by atoms with Gasteiger partial charge in [-0.05, 0) is 71.7 Å². The Labute approximate surface area is 197 Å². The van der Waals surface area contributed by atoms with Crippen molar-refractivity contribution in [3.8, 4) is 5.75 Å². The van der Waals surface area contributed by atoms with E-state index in [1.807, 2.05) is 30.3 Å². The third kappa shape index (κ3) is 4.44. The van der Waals surface area contributed by atoms with E-state index in [1.165, 1.54) is 30.3 Å². The topological polar surface area (TPSA) is 86.7 Å². The molecule has 0 unspecified atom stereocenters. The van der Waals surface area contributed by atoms with E-state index in [1.54, 1.807) is 12.1 Å². The van der Waals surface area contributed by atoms with Crippen LogP contribution in [-0.2, 0) is 16.0 Å². The highest BCUT2D eigenvalue weighted by Gasteiger charge is 2.36. The lowest BCUT2D eigenvalue weighted by Crippen LogP contribution is -2.54. The molecule has 32 heavy (non-hydrogen) atoms. The molecular formula is C24H16BrClN2O4. The molecule has 4 rings (SSSR count). The fourth-order valence-corrected chi connectivity index (χ4v) is 3.94. The lowest BCUT2D eigenvalue weighted by molar-refractivity contribution is -0.122. The molecule has 2 N–H and O–H groups in total. The highest BCUT2D eigenvalue weighted by Crippen LogP contribution is 2.27. The summed E-state index contributed by atoms with van der Waals surface area (Å²) in [7, 11) is 0. The number of nitrogens with zero attached hydrogens (tertiary/aromatic N) is 1. The van der Waals surface area contributed by atoms with Crippen LogP contribution in [0.5, 0.6) is 5.75 Å².